The summed E-state index contributed by atoms with van der Waals surface area (Å²) in [5.74, 6) is 0.821. The Balaban J connectivity index is 1.27. The molecule has 1 aliphatic carbocycles. The quantitative estimate of drug-likeness (QED) is 0.463. The molecule has 4 rings (SSSR count). The van der Waals surface area contributed by atoms with Crippen molar-refractivity contribution >= 4 is 29.1 Å². The van der Waals surface area contributed by atoms with Crippen LogP contribution < -0.4 is 0 Å². The smallest absolute Gasteiger partial charge is 0.316 e. The maximum absolute atomic E-state index is 12.0. The van der Waals surface area contributed by atoms with Crippen molar-refractivity contribution in [2.75, 3.05) is 5.75 Å². The highest BCUT2D eigenvalue weighted by Crippen LogP contribution is 2.28. The summed E-state index contributed by atoms with van der Waals surface area (Å²) in [5.41, 5.74) is 3.61. The monoisotopic (exact) mass is 371 g/mol. The number of aromatic nitrogens is 1. The van der Waals surface area contributed by atoms with Gasteiger partial charge in [0.2, 0.25) is 0 Å². The van der Waals surface area contributed by atoms with Crippen LogP contribution in [0.5, 0.6) is 0 Å². The highest BCUT2D eigenvalue weighted by Gasteiger charge is 2.13. The Morgan fingerprint density at radius 2 is 2.20 bits per heavy atom. The molecule has 1 aromatic carbocycles. The molecule has 6 heteroatoms. The summed E-state index contributed by atoms with van der Waals surface area (Å²) in [4.78, 5) is 17.5. The Morgan fingerprint density at radius 1 is 1.28 bits per heavy atom. The van der Waals surface area contributed by atoms with Crippen molar-refractivity contribution < 1.29 is 13.9 Å². The molecular weight excluding hydrogens is 354 g/mol. The Hall–Kier alpha value is -2.05. The van der Waals surface area contributed by atoms with E-state index in [9.17, 15) is 4.79 Å². The number of ether oxygens (including phenoxy) is 1. The van der Waals surface area contributed by atoms with Crippen molar-refractivity contribution in [3.05, 3.63) is 58.8 Å². The van der Waals surface area contributed by atoms with Gasteiger partial charge in [0, 0.05) is 10.3 Å². The largest absolute Gasteiger partial charge is 0.462 e. The molecule has 4 nitrogen and oxygen atoms in total. The minimum atomic E-state index is -0.224. The standard InChI is InChI=1S/C19H17NO3S2/c21-18(12-24-16-7-6-13-3-1-4-14(13)9-16)23-10-15-11-25-19(20-15)17-5-2-8-22-17/h2,5-9,11H,1,3-4,10,12H2. The second-order valence-electron chi connectivity index (χ2n) is 5.85. The molecule has 0 amide bonds. The second kappa shape index (κ2) is 7.45. The lowest BCUT2D eigenvalue weighted by Crippen LogP contribution is -2.07. The first-order valence-corrected chi connectivity index (χ1v) is 10.0. The SMILES string of the molecule is O=C(CSc1ccc2c(c1)CCC2)OCc1csc(-c2ccco2)n1. The van der Waals surface area contributed by atoms with Crippen LogP contribution in [-0.2, 0) is 29.0 Å². The van der Waals surface area contributed by atoms with E-state index >= 15 is 0 Å². The molecule has 0 unspecified atom stereocenters. The number of thioether (sulfide) groups is 1. The van der Waals surface area contributed by atoms with Crippen LogP contribution in [0.3, 0.4) is 0 Å². The Labute approximate surface area is 154 Å². The lowest BCUT2D eigenvalue weighted by atomic mass is 10.1. The number of aryl methyl sites for hydroxylation is 2. The van der Waals surface area contributed by atoms with Gasteiger partial charge in [0.05, 0.1) is 17.7 Å². The average Bonchev–Trinajstić information content (AvgIpc) is 3.38. The van der Waals surface area contributed by atoms with Crippen LogP contribution in [0.1, 0.15) is 23.2 Å². The van der Waals surface area contributed by atoms with E-state index in [1.54, 1.807) is 6.26 Å². The van der Waals surface area contributed by atoms with E-state index in [0.717, 1.165) is 27.8 Å². The van der Waals surface area contributed by atoms with Crippen LogP contribution in [-0.4, -0.2) is 16.7 Å². The zero-order valence-electron chi connectivity index (χ0n) is 13.6. The molecule has 25 heavy (non-hydrogen) atoms. The summed E-state index contributed by atoms with van der Waals surface area (Å²) in [6, 6.07) is 10.2. The molecule has 0 bridgehead atoms. The zero-order valence-corrected chi connectivity index (χ0v) is 15.2. The van der Waals surface area contributed by atoms with Gasteiger partial charge < -0.3 is 9.15 Å². The maximum Gasteiger partial charge on any atom is 0.316 e. The summed E-state index contributed by atoms with van der Waals surface area (Å²) >= 11 is 3.00. The molecule has 2 aromatic heterocycles. The minimum absolute atomic E-state index is 0.195. The van der Waals surface area contributed by atoms with Crippen molar-refractivity contribution in [3.8, 4) is 10.8 Å². The molecule has 2 heterocycles. The number of nitrogens with zero attached hydrogens (tertiary/aromatic N) is 1. The first kappa shape index (κ1) is 16.4. The molecular formula is C19H17NO3S2. The van der Waals surface area contributed by atoms with Crippen LogP contribution in [0.4, 0.5) is 0 Å². The van der Waals surface area contributed by atoms with Gasteiger partial charge in [0.25, 0.3) is 0 Å². The van der Waals surface area contributed by atoms with E-state index < -0.39 is 0 Å². The van der Waals surface area contributed by atoms with E-state index in [4.69, 9.17) is 9.15 Å². The van der Waals surface area contributed by atoms with Gasteiger partial charge in [-0.3, -0.25) is 4.79 Å². The van der Waals surface area contributed by atoms with Gasteiger partial charge in [0.15, 0.2) is 10.8 Å². The summed E-state index contributed by atoms with van der Waals surface area (Å²) < 4.78 is 10.6. The van der Waals surface area contributed by atoms with Crippen LogP contribution >= 0.6 is 23.1 Å². The minimum Gasteiger partial charge on any atom is -0.462 e. The summed E-state index contributed by atoms with van der Waals surface area (Å²) in [6.07, 6.45) is 5.18. The zero-order chi connectivity index (χ0) is 17.1. The van der Waals surface area contributed by atoms with Gasteiger partial charge in [0.1, 0.15) is 6.61 Å². The highest BCUT2D eigenvalue weighted by molar-refractivity contribution is 8.00. The number of fused-ring (bicyclic) bond motifs is 1. The van der Waals surface area contributed by atoms with Crippen LogP contribution in [0, 0.1) is 0 Å². The molecule has 0 saturated carbocycles. The number of furan rings is 1. The highest BCUT2D eigenvalue weighted by atomic mass is 32.2. The Morgan fingerprint density at radius 3 is 3.08 bits per heavy atom. The van der Waals surface area contributed by atoms with Gasteiger partial charge >= 0.3 is 5.97 Å². The molecule has 0 spiro atoms. The van der Waals surface area contributed by atoms with Crippen molar-refractivity contribution in [2.45, 2.75) is 30.8 Å². The van der Waals surface area contributed by atoms with Gasteiger partial charge in [-0.2, -0.15) is 0 Å². The molecule has 0 radical (unpaired) electrons. The Kier molecular flexibility index (Phi) is 4.90. The van der Waals surface area contributed by atoms with Crippen molar-refractivity contribution in [1.29, 1.82) is 0 Å². The number of esters is 1. The predicted octanol–water partition coefficient (Wildman–Crippen LogP) is 4.73. The summed E-state index contributed by atoms with van der Waals surface area (Å²) in [5, 5.41) is 2.68. The third-order valence-electron chi connectivity index (χ3n) is 4.09. The van der Waals surface area contributed by atoms with E-state index in [1.807, 2.05) is 17.5 Å². The topological polar surface area (TPSA) is 52.3 Å². The second-order valence-corrected chi connectivity index (χ2v) is 7.76. The fourth-order valence-corrected chi connectivity index (χ4v) is 4.39. The summed E-state index contributed by atoms with van der Waals surface area (Å²) in [6.45, 7) is 0.195. The number of thiazole rings is 1. The number of rotatable bonds is 6. The predicted molar refractivity (Wildman–Crippen MR) is 98.8 cm³/mol. The first-order valence-electron chi connectivity index (χ1n) is 8.16. The molecule has 128 valence electrons. The Bertz CT molecular complexity index is 871. The molecule has 1 aliphatic rings. The number of hydrogen-bond donors (Lipinski definition) is 0. The van der Waals surface area contributed by atoms with Gasteiger partial charge in [-0.15, -0.1) is 23.1 Å². The molecule has 0 aliphatic heterocycles. The normalized spacial score (nSPS) is 13.0. The van der Waals surface area contributed by atoms with Crippen molar-refractivity contribution in [2.24, 2.45) is 0 Å². The molecule has 0 atom stereocenters. The summed E-state index contributed by atoms with van der Waals surface area (Å²) in [7, 11) is 0. The van der Waals surface area contributed by atoms with E-state index in [-0.39, 0.29) is 12.6 Å². The molecule has 0 fully saturated rings. The number of hydrogen-bond acceptors (Lipinski definition) is 6. The first-order chi connectivity index (χ1) is 12.3. The van der Waals surface area contributed by atoms with Crippen molar-refractivity contribution in [3.63, 3.8) is 0 Å². The fourth-order valence-electron chi connectivity index (χ4n) is 2.86. The molecule has 0 saturated heterocycles. The van der Waals surface area contributed by atoms with Gasteiger partial charge in [-0.1, -0.05) is 6.07 Å². The molecule has 0 N–H and O–H groups in total. The van der Waals surface area contributed by atoms with E-state index in [1.165, 1.54) is 47.1 Å². The fraction of sp³-hybridized carbons (Fsp3) is 0.263. The number of carbonyl (C=O) groups is 1. The third-order valence-corrected chi connectivity index (χ3v) is 5.96. The van der Waals surface area contributed by atoms with Crippen LogP contribution in [0.2, 0.25) is 0 Å². The van der Waals surface area contributed by atoms with E-state index in [0.29, 0.717) is 5.75 Å². The van der Waals surface area contributed by atoms with Gasteiger partial charge in [-0.05, 0) is 54.7 Å². The maximum atomic E-state index is 12.0. The molecule has 3 aromatic rings. The lowest BCUT2D eigenvalue weighted by Gasteiger charge is -2.05. The van der Waals surface area contributed by atoms with E-state index in [2.05, 4.69) is 23.2 Å². The van der Waals surface area contributed by atoms with Crippen LogP contribution in [0.15, 0.2) is 51.3 Å². The number of benzene rings is 1. The van der Waals surface area contributed by atoms with Gasteiger partial charge in [-0.25, -0.2) is 4.98 Å². The third kappa shape index (κ3) is 3.96. The lowest BCUT2D eigenvalue weighted by molar-refractivity contribution is -0.141. The number of carbonyl (C=O) groups excluding carboxylic acids is 1. The van der Waals surface area contributed by atoms with Crippen LogP contribution in [0.25, 0.3) is 10.8 Å². The average molecular weight is 371 g/mol. The van der Waals surface area contributed by atoms with Crippen molar-refractivity contribution in [1.82, 2.24) is 4.98 Å².